The van der Waals surface area contributed by atoms with Gasteiger partial charge < -0.3 is 10.4 Å². The summed E-state index contributed by atoms with van der Waals surface area (Å²) in [4.78, 5) is 12.1. The van der Waals surface area contributed by atoms with Crippen LogP contribution in [0.5, 0.6) is 0 Å². The molecule has 104 valence electrons. The average molecular weight is 269 g/mol. The van der Waals surface area contributed by atoms with Crippen LogP contribution in [-0.2, 0) is 17.8 Å². The summed E-state index contributed by atoms with van der Waals surface area (Å²) in [6, 6.07) is 19.1. The van der Waals surface area contributed by atoms with E-state index in [0.29, 0.717) is 13.0 Å². The molecule has 2 aromatic rings. The molecule has 0 bridgehead atoms. The van der Waals surface area contributed by atoms with Gasteiger partial charge >= 0.3 is 0 Å². The Morgan fingerprint density at radius 1 is 1.00 bits per heavy atom. The molecule has 0 aliphatic carbocycles. The zero-order chi connectivity index (χ0) is 14.4. The van der Waals surface area contributed by atoms with Gasteiger partial charge in [0.15, 0.2) is 0 Å². The fourth-order valence-electron chi connectivity index (χ4n) is 2.04. The fraction of sp³-hybridized carbons (Fsp3) is 0.235. The lowest BCUT2D eigenvalue weighted by Crippen LogP contribution is -2.45. The second-order valence-electron chi connectivity index (χ2n) is 5.10. The number of benzene rings is 2. The highest BCUT2D eigenvalue weighted by molar-refractivity contribution is 5.84. The third kappa shape index (κ3) is 3.93. The molecule has 0 fully saturated rings. The zero-order valence-electron chi connectivity index (χ0n) is 11.5. The Kier molecular flexibility index (Phi) is 4.53. The Morgan fingerprint density at radius 3 is 2.05 bits per heavy atom. The summed E-state index contributed by atoms with van der Waals surface area (Å²) >= 11 is 0. The first kappa shape index (κ1) is 14.3. The van der Waals surface area contributed by atoms with Crippen molar-refractivity contribution < 1.29 is 9.90 Å². The third-order valence-corrected chi connectivity index (χ3v) is 3.18. The minimum Gasteiger partial charge on any atom is -0.380 e. The molecule has 0 heterocycles. The summed E-state index contributed by atoms with van der Waals surface area (Å²) in [5.74, 6) is -0.356. The highest BCUT2D eigenvalue weighted by Gasteiger charge is 2.30. The van der Waals surface area contributed by atoms with E-state index in [9.17, 15) is 9.90 Å². The molecular formula is C17H19NO2. The summed E-state index contributed by atoms with van der Waals surface area (Å²) < 4.78 is 0. The van der Waals surface area contributed by atoms with E-state index in [0.717, 1.165) is 11.1 Å². The van der Waals surface area contributed by atoms with E-state index >= 15 is 0 Å². The molecule has 2 N–H and O–H groups in total. The highest BCUT2D eigenvalue weighted by Crippen LogP contribution is 2.13. The second-order valence-corrected chi connectivity index (χ2v) is 5.10. The number of amides is 1. The largest absolute Gasteiger partial charge is 0.380 e. The van der Waals surface area contributed by atoms with Crippen molar-refractivity contribution in [2.75, 3.05) is 0 Å². The van der Waals surface area contributed by atoms with Gasteiger partial charge in [0.1, 0.15) is 5.60 Å². The van der Waals surface area contributed by atoms with Crippen LogP contribution in [0, 0.1) is 0 Å². The Hall–Kier alpha value is -2.13. The molecule has 1 amide bonds. The van der Waals surface area contributed by atoms with E-state index < -0.39 is 5.60 Å². The standard InChI is InChI=1S/C17H19NO2/c1-17(20,12-14-8-4-2-5-9-14)16(19)18-13-15-10-6-3-7-11-15/h2-11,20H,12-13H2,1H3,(H,18,19). The topological polar surface area (TPSA) is 49.3 Å². The second kappa shape index (κ2) is 6.35. The maximum Gasteiger partial charge on any atom is 0.252 e. The molecule has 0 saturated carbocycles. The molecule has 0 aromatic heterocycles. The molecule has 3 nitrogen and oxygen atoms in total. The van der Waals surface area contributed by atoms with Crippen molar-refractivity contribution in [3.63, 3.8) is 0 Å². The van der Waals surface area contributed by atoms with Gasteiger partial charge in [0.25, 0.3) is 5.91 Å². The van der Waals surface area contributed by atoms with Crippen LogP contribution in [0.3, 0.4) is 0 Å². The van der Waals surface area contributed by atoms with E-state index in [2.05, 4.69) is 5.32 Å². The monoisotopic (exact) mass is 269 g/mol. The number of rotatable bonds is 5. The maximum atomic E-state index is 12.1. The minimum atomic E-state index is -1.41. The average Bonchev–Trinajstić information content (AvgIpc) is 2.46. The molecule has 1 atom stereocenters. The van der Waals surface area contributed by atoms with Gasteiger partial charge in [-0.05, 0) is 18.1 Å². The molecule has 3 heteroatoms. The number of carbonyl (C=O) groups is 1. The lowest BCUT2D eigenvalue weighted by atomic mass is 9.95. The van der Waals surface area contributed by atoms with Crippen molar-refractivity contribution in [1.82, 2.24) is 5.32 Å². The Bertz CT molecular complexity index is 550. The first-order valence-corrected chi connectivity index (χ1v) is 6.66. The Labute approximate surface area is 119 Å². The summed E-state index contributed by atoms with van der Waals surface area (Å²) in [6.07, 6.45) is 0.300. The van der Waals surface area contributed by atoms with E-state index in [1.165, 1.54) is 0 Å². The van der Waals surface area contributed by atoms with Crippen LogP contribution < -0.4 is 5.32 Å². The van der Waals surface area contributed by atoms with Crippen molar-refractivity contribution in [3.8, 4) is 0 Å². The molecule has 1 unspecified atom stereocenters. The van der Waals surface area contributed by atoms with Crippen molar-refractivity contribution in [2.45, 2.75) is 25.5 Å². The van der Waals surface area contributed by atoms with Gasteiger partial charge in [-0.3, -0.25) is 4.79 Å². The van der Waals surface area contributed by atoms with E-state index in [-0.39, 0.29) is 5.91 Å². The van der Waals surface area contributed by atoms with Crippen LogP contribution in [-0.4, -0.2) is 16.6 Å². The van der Waals surface area contributed by atoms with Crippen molar-refractivity contribution in [3.05, 3.63) is 71.8 Å². The molecule has 0 aliphatic rings. The van der Waals surface area contributed by atoms with Gasteiger partial charge in [-0.2, -0.15) is 0 Å². The lowest BCUT2D eigenvalue weighted by molar-refractivity contribution is -0.138. The summed E-state index contributed by atoms with van der Waals surface area (Å²) in [5.41, 5.74) is 0.541. The molecule has 20 heavy (non-hydrogen) atoms. The molecular weight excluding hydrogens is 250 g/mol. The van der Waals surface area contributed by atoms with Crippen molar-refractivity contribution >= 4 is 5.91 Å². The quantitative estimate of drug-likeness (QED) is 0.875. The van der Waals surface area contributed by atoms with Crippen molar-refractivity contribution in [2.24, 2.45) is 0 Å². The number of nitrogens with one attached hydrogen (secondary N) is 1. The van der Waals surface area contributed by atoms with Crippen LogP contribution in [0.15, 0.2) is 60.7 Å². The molecule has 2 aromatic carbocycles. The van der Waals surface area contributed by atoms with E-state index in [1.54, 1.807) is 6.92 Å². The van der Waals surface area contributed by atoms with Gasteiger partial charge in [-0.15, -0.1) is 0 Å². The predicted molar refractivity (Wildman–Crippen MR) is 79.1 cm³/mol. The molecule has 0 aliphatic heterocycles. The third-order valence-electron chi connectivity index (χ3n) is 3.18. The number of carbonyl (C=O) groups excluding carboxylic acids is 1. The fourth-order valence-corrected chi connectivity index (χ4v) is 2.04. The Morgan fingerprint density at radius 2 is 1.50 bits per heavy atom. The first-order chi connectivity index (χ1) is 9.58. The maximum absolute atomic E-state index is 12.1. The number of hydrogen-bond donors (Lipinski definition) is 2. The van der Waals surface area contributed by atoms with Gasteiger partial charge in [-0.25, -0.2) is 0 Å². The molecule has 0 saturated heterocycles. The van der Waals surface area contributed by atoms with Gasteiger partial charge in [0.05, 0.1) is 0 Å². The smallest absolute Gasteiger partial charge is 0.252 e. The summed E-state index contributed by atoms with van der Waals surface area (Å²) in [5, 5.41) is 13.1. The summed E-state index contributed by atoms with van der Waals surface area (Å²) in [7, 11) is 0. The molecule has 0 radical (unpaired) electrons. The van der Waals surface area contributed by atoms with Crippen LogP contribution in [0.25, 0.3) is 0 Å². The molecule has 0 spiro atoms. The van der Waals surface area contributed by atoms with Gasteiger partial charge in [-0.1, -0.05) is 60.7 Å². The van der Waals surface area contributed by atoms with E-state index in [4.69, 9.17) is 0 Å². The minimum absolute atomic E-state index is 0.300. The SMILES string of the molecule is CC(O)(Cc1ccccc1)C(=O)NCc1ccccc1. The normalized spacial score (nSPS) is 13.5. The zero-order valence-corrected chi connectivity index (χ0v) is 11.5. The first-order valence-electron chi connectivity index (χ1n) is 6.66. The Balaban J connectivity index is 1.93. The lowest BCUT2D eigenvalue weighted by Gasteiger charge is -2.22. The van der Waals surface area contributed by atoms with Crippen LogP contribution in [0.1, 0.15) is 18.1 Å². The van der Waals surface area contributed by atoms with Crippen LogP contribution in [0.2, 0.25) is 0 Å². The number of hydrogen-bond acceptors (Lipinski definition) is 2. The molecule has 2 rings (SSSR count). The van der Waals surface area contributed by atoms with Gasteiger partial charge in [0, 0.05) is 13.0 Å². The van der Waals surface area contributed by atoms with Crippen LogP contribution in [0.4, 0.5) is 0 Å². The van der Waals surface area contributed by atoms with Crippen LogP contribution >= 0.6 is 0 Å². The summed E-state index contributed by atoms with van der Waals surface area (Å²) in [6.45, 7) is 1.96. The predicted octanol–water partition coefficient (Wildman–Crippen LogP) is 2.30. The van der Waals surface area contributed by atoms with E-state index in [1.807, 2.05) is 60.7 Å². The number of aliphatic hydroxyl groups is 1. The van der Waals surface area contributed by atoms with Gasteiger partial charge in [0.2, 0.25) is 0 Å². The highest BCUT2D eigenvalue weighted by atomic mass is 16.3. The van der Waals surface area contributed by atoms with Crippen molar-refractivity contribution in [1.29, 1.82) is 0 Å².